The van der Waals surface area contributed by atoms with Gasteiger partial charge in [-0.15, -0.1) is 0 Å². The molecule has 0 bridgehead atoms. The van der Waals surface area contributed by atoms with Crippen molar-refractivity contribution in [3.05, 3.63) is 29.6 Å². The molecule has 1 aromatic carbocycles. The quantitative estimate of drug-likeness (QED) is 0.858. The predicted octanol–water partition coefficient (Wildman–Crippen LogP) is 2.28. The molecule has 0 amide bonds. The number of carboxylic acids is 1. The van der Waals surface area contributed by atoms with Gasteiger partial charge in [-0.05, 0) is 37.6 Å². The number of anilines is 1. The van der Waals surface area contributed by atoms with Gasteiger partial charge in [0.05, 0.1) is 11.3 Å². The molecule has 0 spiro atoms. The second-order valence-electron chi connectivity index (χ2n) is 4.90. The van der Waals surface area contributed by atoms with E-state index in [1.165, 1.54) is 18.2 Å². The summed E-state index contributed by atoms with van der Waals surface area (Å²) >= 11 is 0. The number of nitrogens with one attached hydrogen (secondary N) is 1. The Morgan fingerprint density at radius 3 is 3.00 bits per heavy atom. The van der Waals surface area contributed by atoms with Crippen LogP contribution in [0.4, 0.5) is 10.1 Å². The molecule has 0 radical (unpaired) electrons. The summed E-state index contributed by atoms with van der Waals surface area (Å²) in [5, 5.41) is 12.0. The fourth-order valence-electron chi connectivity index (χ4n) is 2.50. The van der Waals surface area contributed by atoms with Crippen molar-refractivity contribution >= 4 is 11.7 Å². The van der Waals surface area contributed by atoms with Crippen molar-refractivity contribution in [1.29, 1.82) is 0 Å². The van der Waals surface area contributed by atoms with Gasteiger partial charge in [-0.25, -0.2) is 9.18 Å². The van der Waals surface area contributed by atoms with Crippen molar-refractivity contribution in [3.8, 4) is 0 Å². The number of carboxylic acid groups (broad SMARTS) is 1. The summed E-state index contributed by atoms with van der Waals surface area (Å²) in [7, 11) is 0. The van der Waals surface area contributed by atoms with Crippen molar-refractivity contribution in [3.63, 3.8) is 0 Å². The molecule has 0 aliphatic carbocycles. The Morgan fingerprint density at radius 2 is 2.37 bits per heavy atom. The number of likely N-dealkylation sites (tertiary alicyclic amines) is 1. The monoisotopic (exact) mass is 266 g/mol. The SMILES string of the molecule is CCN1CCC(CNc2c(F)cccc2C(=O)O)C1. The van der Waals surface area contributed by atoms with E-state index in [4.69, 9.17) is 5.11 Å². The standard InChI is InChI=1S/C14H19FN2O2/c1-2-17-7-6-10(9-17)8-16-13-11(14(18)19)4-3-5-12(13)15/h3-5,10,16H,2,6-9H2,1H3,(H,18,19). The molecule has 1 fully saturated rings. The lowest BCUT2D eigenvalue weighted by Crippen LogP contribution is -2.23. The summed E-state index contributed by atoms with van der Waals surface area (Å²) in [5.41, 5.74) is 0.0929. The van der Waals surface area contributed by atoms with E-state index in [1.807, 2.05) is 0 Å². The highest BCUT2D eigenvalue weighted by Gasteiger charge is 2.22. The first-order chi connectivity index (χ1) is 9.11. The normalized spacial score (nSPS) is 19.6. The number of hydrogen-bond donors (Lipinski definition) is 2. The van der Waals surface area contributed by atoms with Gasteiger partial charge in [0.25, 0.3) is 0 Å². The zero-order valence-electron chi connectivity index (χ0n) is 11.0. The Balaban J connectivity index is 2.02. The van der Waals surface area contributed by atoms with Gasteiger partial charge in [0, 0.05) is 13.1 Å². The molecule has 0 saturated carbocycles. The molecule has 1 atom stereocenters. The summed E-state index contributed by atoms with van der Waals surface area (Å²) < 4.78 is 13.7. The molecule has 2 N–H and O–H groups in total. The third-order valence-electron chi connectivity index (χ3n) is 3.63. The molecule has 5 heteroatoms. The third-order valence-corrected chi connectivity index (χ3v) is 3.63. The first kappa shape index (κ1) is 13.8. The number of halogens is 1. The van der Waals surface area contributed by atoms with E-state index in [2.05, 4.69) is 17.1 Å². The Bertz CT molecular complexity index is 465. The average molecular weight is 266 g/mol. The van der Waals surface area contributed by atoms with Gasteiger partial charge in [0.2, 0.25) is 0 Å². The van der Waals surface area contributed by atoms with Gasteiger partial charge in [-0.2, -0.15) is 0 Å². The lowest BCUT2D eigenvalue weighted by molar-refractivity contribution is 0.0697. The zero-order valence-corrected chi connectivity index (χ0v) is 11.0. The second kappa shape index (κ2) is 6.02. The number of nitrogens with zero attached hydrogens (tertiary/aromatic N) is 1. The van der Waals surface area contributed by atoms with Gasteiger partial charge in [-0.3, -0.25) is 0 Å². The van der Waals surface area contributed by atoms with Crippen LogP contribution in [0.3, 0.4) is 0 Å². The van der Waals surface area contributed by atoms with Crippen LogP contribution in [0.2, 0.25) is 0 Å². The van der Waals surface area contributed by atoms with Crippen LogP contribution in [0.5, 0.6) is 0 Å². The summed E-state index contributed by atoms with van der Waals surface area (Å²) in [4.78, 5) is 13.4. The molecule has 19 heavy (non-hydrogen) atoms. The molecule has 1 unspecified atom stereocenters. The van der Waals surface area contributed by atoms with Gasteiger partial charge in [0.1, 0.15) is 5.82 Å². The highest BCUT2D eigenvalue weighted by Crippen LogP contribution is 2.22. The van der Waals surface area contributed by atoms with Gasteiger partial charge >= 0.3 is 5.97 Å². The number of rotatable bonds is 5. The number of carbonyl (C=O) groups is 1. The van der Waals surface area contributed by atoms with Gasteiger partial charge < -0.3 is 15.3 Å². The molecule has 0 aromatic heterocycles. The number of hydrogen-bond acceptors (Lipinski definition) is 3. The zero-order chi connectivity index (χ0) is 13.8. The van der Waals surface area contributed by atoms with Crippen LogP contribution in [-0.2, 0) is 0 Å². The molecule has 104 valence electrons. The largest absolute Gasteiger partial charge is 0.478 e. The Labute approximate surface area is 112 Å². The van der Waals surface area contributed by atoms with E-state index in [1.54, 1.807) is 0 Å². The van der Waals surface area contributed by atoms with E-state index in [0.717, 1.165) is 26.1 Å². The minimum absolute atomic E-state index is 0.00894. The molecular formula is C14H19FN2O2. The van der Waals surface area contributed by atoms with E-state index in [-0.39, 0.29) is 11.3 Å². The molecule has 4 nitrogen and oxygen atoms in total. The second-order valence-corrected chi connectivity index (χ2v) is 4.90. The van der Waals surface area contributed by atoms with Crippen LogP contribution in [0.1, 0.15) is 23.7 Å². The molecule has 1 aliphatic heterocycles. The maximum atomic E-state index is 13.7. The average Bonchev–Trinajstić information content (AvgIpc) is 2.85. The van der Waals surface area contributed by atoms with E-state index in [0.29, 0.717) is 12.5 Å². The highest BCUT2D eigenvalue weighted by molar-refractivity contribution is 5.94. The van der Waals surface area contributed by atoms with Gasteiger partial charge in [0.15, 0.2) is 0 Å². The van der Waals surface area contributed by atoms with E-state index < -0.39 is 11.8 Å². The van der Waals surface area contributed by atoms with Crippen LogP contribution < -0.4 is 5.32 Å². The number of aromatic carboxylic acids is 1. The van der Waals surface area contributed by atoms with E-state index >= 15 is 0 Å². The minimum atomic E-state index is -1.11. The van der Waals surface area contributed by atoms with Crippen molar-refractivity contribution in [1.82, 2.24) is 4.90 Å². The van der Waals surface area contributed by atoms with Crippen molar-refractivity contribution in [2.24, 2.45) is 5.92 Å². The highest BCUT2D eigenvalue weighted by atomic mass is 19.1. The van der Waals surface area contributed by atoms with Crippen LogP contribution in [-0.4, -0.2) is 42.2 Å². The summed E-state index contributed by atoms with van der Waals surface area (Å²) in [5.74, 6) is -1.17. The summed E-state index contributed by atoms with van der Waals surface area (Å²) in [6, 6.07) is 4.11. The molecule has 1 saturated heterocycles. The maximum absolute atomic E-state index is 13.7. The van der Waals surface area contributed by atoms with Crippen LogP contribution in [0, 0.1) is 11.7 Å². The molecule has 1 aromatic rings. The maximum Gasteiger partial charge on any atom is 0.337 e. The fraction of sp³-hybridized carbons (Fsp3) is 0.500. The summed E-state index contributed by atoms with van der Waals surface area (Å²) in [6.07, 6.45) is 1.07. The lowest BCUT2D eigenvalue weighted by Gasteiger charge is -2.16. The lowest BCUT2D eigenvalue weighted by atomic mass is 10.1. The molecular weight excluding hydrogens is 247 g/mol. The minimum Gasteiger partial charge on any atom is -0.478 e. The van der Waals surface area contributed by atoms with E-state index in [9.17, 15) is 9.18 Å². The Hall–Kier alpha value is -1.62. The smallest absolute Gasteiger partial charge is 0.337 e. The van der Waals surface area contributed by atoms with Crippen molar-refractivity contribution < 1.29 is 14.3 Å². The van der Waals surface area contributed by atoms with Gasteiger partial charge in [-0.1, -0.05) is 13.0 Å². The molecule has 2 rings (SSSR count). The number of benzene rings is 1. The number of para-hydroxylation sites is 1. The van der Waals surface area contributed by atoms with Crippen molar-refractivity contribution in [2.75, 3.05) is 31.5 Å². The van der Waals surface area contributed by atoms with Crippen LogP contribution in [0.15, 0.2) is 18.2 Å². The van der Waals surface area contributed by atoms with Crippen molar-refractivity contribution in [2.45, 2.75) is 13.3 Å². The Morgan fingerprint density at radius 1 is 1.58 bits per heavy atom. The first-order valence-electron chi connectivity index (χ1n) is 6.59. The van der Waals surface area contributed by atoms with Crippen LogP contribution in [0.25, 0.3) is 0 Å². The third kappa shape index (κ3) is 3.23. The predicted molar refractivity (Wildman–Crippen MR) is 72.1 cm³/mol. The Kier molecular flexibility index (Phi) is 4.37. The van der Waals surface area contributed by atoms with Crippen LogP contribution >= 0.6 is 0 Å². The summed E-state index contributed by atoms with van der Waals surface area (Å²) in [6.45, 7) is 5.80. The fourth-order valence-corrected chi connectivity index (χ4v) is 2.50. The molecule has 1 heterocycles. The topological polar surface area (TPSA) is 52.6 Å². The first-order valence-corrected chi connectivity index (χ1v) is 6.59. The molecule has 1 aliphatic rings.